The first-order valence-corrected chi connectivity index (χ1v) is 10.3. The van der Waals surface area contributed by atoms with Crippen molar-refractivity contribution in [2.75, 3.05) is 13.1 Å². The van der Waals surface area contributed by atoms with E-state index in [9.17, 15) is 14.4 Å². The third-order valence-corrected chi connectivity index (χ3v) is 4.76. The molecule has 0 fully saturated rings. The number of carbonyl (C=O) groups is 2. The van der Waals surface area contributed by atoms with Crippen molar-refractivity contribution in [1.29, 1.82) is 0 Å². The summed E-state index contributed by atoms with van der Waals surface area (Å²) in [7, 11) is 0. The second kappa shape index (κ2) is 9.12. The molecule has 0 atom stereocenters. The van der Waals surface area contributed by atoms with Gasteiger partial charge in [0.1, 0.15) is 0 Å². The molecule has 0 aliphatic rings. The average Bonchev–Trinajstić information content (AvgIpc) is 2.73. The van der Waals surface area contributed by atoms with Crippen LogP contribution >= 0.6 is 0 Å². The summed E-state index contributed by atoms with van der Waals surface area (Å²) in [5.74, 6) is -0.630. The molecule has 1 heterocycles. The SMILES string of the molecule is CCN(CC(=O)NC(C)(C)C)C(=O)c1nn(Cc2ccccc2)c(=O)c2ccccc12. The minimum Gasteiger partial charge on any atom is -0.350 e. The maximum Gasteiger partial charge on any atom is 0.275 e. The van der Waals surface area contributed by atoms with E-state index in [-0.39, 0.29) is 36.2 Å². The minimum absolute atomic E-state index is 0.0829. The van der Waals surface area contributed by atoms with Crippen LogP contribution in [0.2, 0.25) is 0 Å². The lowest BCUT2D eigenvalue weighted by Gasteiger charge is -2.25. The molecule has 31 heavy (non-hydrogen) atoms. The molecule has 162 valence electrons. The Morgan fingerprint density at radius 1 is 1.00 bits per heavy atom. The highest BCUT2D eigenvalue weighted by Gasteiger charge is 2.24. The van der Waals surface area contributed by atoms with Crippen LogP contribution in [0, 0.1) is 0 Å². The number of aromatic nitrogens is 2. The molecule has 7 nitrogen and oxygen atoms in total. The standard InChI is InChI=1S/C24H28N4O3/c1-5-27(16-20(29)25-24(2,3)4)23(31)21-18-13-9-10-14-19(18)22(30)28(26-21)15-17-11-7-6-8-12-17/h6-14H,5,15-16H2,1-4H3,(H,25,29). The van der Waals surface area contributed by atoms with E-state index in [4.69, 9.17) is 0 Å². The Hall–Kier alpha value is -3.48. The summed E-state index contributed by atoms with van der Waals surface area (Å²) in [6.45, 7) is 7.98. The molecule has 2 aromatic carbocycles. The lowest BCUT2D eigenvalue weighted by atomic mass is 10.1. The van der Waals surface area contributed by atoms with Crippen molar-refractivity contribution in [3.8, 4) is 0 Å². The van der Waals surface area contributed by atoms with Gasteiger partial charge in [-0.3, -0.25) is 14.4 Å². The van der Waals surface area contributed by atoms with Gasteiger partial charge in [0.2, 0.25) is 5.91 Å². The van der Waals surface area contributed by atoms with Gasteiger partial charge in [-0.05, 0) is 39.3 Å². The van der Waals surface area contributed by atoms with Crippen LogP contribution in [-0.4, -0.2) is 45.1 Å². The minimum atomic E-state index is -0.395. The first kappa shape index (κ1) is 22.2. The number of fused-ring (bicyclic) bond motifs is 1. The van der Waals surface area contributed by atoms with Gasteiger partial charge in [-0.1, -0.05) is 48.5 Å². The number of hydrogen-bond acceptors (Lipinski definition) is 4. The zero-order valence-corrected chi connectivity index (χ0v) is 18.4. The van der Waals surface area contributed by atoms with Gasteiger partial charge in [-0.25, -0.2) is 4.68 Å². The van der Waals surface area contributed by atoms with Crippen LogP contribution in [0.15, 0.2) is 59.4 Å². The van der Waals surface area contributed by atoms with Crippen LogP contribution in [0.1, 0.15) is 43.7 Å². The Morgan fingerprint density at radius 2 is 1.61 bits per heavy atom. The molecule has 1 aromatic heterocycles. The van der Waals surface area contributed by atoms with E-state index < -0.39 is 5.54 Å². The van der Waals surface area contributed by atoms with Crippen molar-refractivity contribution < 1.29 is 9.59 Å². The fraction of sp³-hybridized carbons (Fsp3) is 0.333. The number of amides is 2. The van der Waals surface area contributed by atoms with Crippen LogP contribution in [0.25, 0.3) is 10.8 Å². The highest BCUT2D eigenvalue weighted by Crippen LogP contribution is 2.16. The maximum absolute atomic E-state index is 13.4. The lowest BCUT2D eigenvalue weighted by Crippen LogP contribution is -2.47. The first-order chi connectivity index (χ1) is 14.7. The molecule has 0 bridgehead atoms. The average molecular weight is 421 g/mol. The fourth-order valence-corrected chi connectivity index (χ4v) is 3.36. The van der Waals surface area contributed by atoms with E-state index in [1.165, 1.54) is 9.58 Å². The van der Waals surface area contributed by atoms with E-state index in [1.807, 2.05) is 58.0 Å². The quantitative estimate of drug-likeness (QED) is 0.665. The molecule has 1 N–H and O–H groups in total. The van der Waals surface area contributed by atoms with Gasteiger partial charge in [0.25, 0.3) is 11.5 Å². The molecule has 0 aliphatic heterocycles. The van der Waals surface area contributed by atoms with Crippen LogP contribution in [-0.2, 0) is 11.3 Å². The van der Waals surface area contributed by atoms with Gasteiger partial charge in [-0.15, -0.1) is 0 Å². The molecule has 2 amide bonds. The number of benzene rings is 2. The third-order valence-electron chi connectivity index (χ3n) is 4.76. The van der Waals surface area contributed by atoms with E-state index >= 15 is 0 Å². The molecular weight excluding hydrogens is 392 g/mol. The lowest BCUT2D eigenvalue weighted by molar-refractivity contribution is -0.123. The van der Waals surface area contributed by atoms with Crippen molar-refractivity contribution in [3.05, 3.63) is 76.2 Å². The molecular formula is C24H28N4O3. The monoisotopic (exact) mass is 420 g/mol. The number of carbonyl (C=O) groups excluding carboxylic acids is 2. The number of hydrogen-bond donors (Lipinski definition) is 1. The van der Waals surface area contributed by atoms with Gasteiger partial charge in [0.05, 0.1) is 18.5 Å². The zero-order chi connectivity index (χ0) is 22.6. The van der Waals surface area contributed by atoms with Crippen molar-refractivity contribution >= 4 is 22.6 Å². The Balaban J connectivity index is 2.01. The van der Waals surface area contributed by atoms with Gasteiger partial charge >= 0.3 is 0 Å². The number of likely N-dealkylation sites (N-methyl/N-ethyl adjacent to an activating group) is 1. The van der Waals surface area contributed by atoms with E-state index in [0.29, 0.717) is 17.3 Å². The highest BCUT2D eigenvalue weighted by atomic mass is 16.2. The molecule has 3 aromatic rings. The van der Waals surface area contributed by atoms with Gasteiger partial charge in [0.15, 0.2) is 5.69 Å². The highest BCUT2D eigenvalue weighted by molar-refractivity contribution is 6.05. The van der Waals surface area contributed by atoms with Crippen LogP contribution in [0.5, 0.6) is 0 Å². The molecule has 0 aliphatic carbocycles. The number of nitrogens with one attached hydrogen (secondary N) is 1. The van der Waals surface area contributed by atoms with Crippen LogP contribution in [0.4, 0.5) is 0 Å². The van der Waals surface area contributed by atoms with E-state index in [0.717, 1.165) is 5.56 Å². The number of nitrogens with zero attached hydrogens (tertiary/aromatic N) is 3. The Kier molecular flexibility index (Phi) is 6.53. The first-order valence-electron chi connectivity index (χ1n) is 10.3. The predicted octanol–water partition coefficient (Wildman–Crippen LogP) is 2.82. The Morgan fingerprint density at radius 3 is 2.23 bits per heavy atom. The second-order valence-corrected chi connectivity index (χ2v) is 8.46. The van der Waals surface area contributed by atoms with Crippen molar-refractivity contribution in [2.45, 2.75) is 39.8 Å². The van der Waals surface area contributed by atoms with Gasteiger partial charge in [0, 0.05) is 17.5 Å². The van der Waals surface area contributed by atoms with E-state index in [2.05, 4.69) is 10.4 Å². The summed E-state index contributed by atoms with van der Waals surface area (Å²) >= 11 is 0. The smallest absolute Gasteiger partial charge is 0.275 e. The number of rotatable bonds is 6. The summed E-state index contributed by atoms with van der Waals surface area (Å²) in [6, 6.07) is 16.4. The molecule has 0 unspecified atom stereocenters. The van der Waals surface area contributed by atoms with Crippen LogP contribution < -0.4 is 10.9 Å². The predicted molar refractivity (Wildman–Crippen MR) is 121 cm³/mol. The summed E-state index contributed by atoms with van der Waals surface area (Å²) in [4.78, 5) is 40.2. The summed E-state index contributed by atoms with van der Waals surface area (Å²) in [6.07, 6.45) is 0. The van der Waals surface area contributed by atoms with Gasteiger partial charge < -0.3 is 10.2 Å². The van der Waals surface area contributed by atoms with Crippen molar-refractivity contribution in [1.82, 2.24) is 20.0 Å². The van der Waals surface area contributed by atoms with Crippen LogP contribution in [0.3, 0.4) is 0 Å². The third kappa shape index (κ3) is 5.36. The van der Waals surface area contributed by atoms with Gasteiger partial charge in [-0.2, -0.15) is 5.10 Å². The Bertz CT molecular complexity index is 1150. The maximum atomic E-state index is 13.4. The molecule has 0 saturated heterocycles. The molecule has 7 heteroatoms. The van der Waals surface area contributed by atoms with Crippen molar-refractivity contribution in [3.63, 3.8) is 0 Å². The molecule has 0 spiro atoms. The van der Waals surface area contributed by atoms with Crippen molar-refractivity contribution in [2.24, 2.45) is 0 Å². The second-order valence-electron chi connectivity index (χ2n) is 8.46. The van der Waals surface area contributed by atoms with E-state index in [1.54, 1.807) is 24.3 Å². The summed E-state index contributed by atoms with van der Waals surface area (Å²) in [5.41, 5.74) is 0.414. The molecule has 0 saturated carbocycles. The molecule has 0 radical (unpaired) electrons. The summed E-state index contributed by atoms with van der Waals surface area (Å²) < 4.78 is 1.31. The molecule has 3 rings (SSSR count). The summed E-state index contributed by atoms with van der Waals surface area (Å²) in [5, 5.41) is 8.21. The topological polar surface area (TPSA) is 84.3 Å². The zero-order valence-electron chi connectivity index (χ0n) is 18.4. The largest absolute Gasteiger partial charge is 0.350 e. The fourth-order valence-electron chi connectivity index (χ4n) is 3.36. The normalized spacial score (nSPS) is 11.4. The Labute approximate surface area is 181 Å².